The minimum atomic E-state index is 0.0166. The summed E-state index contributed by atoms with van der Waals surface area (Å²) < 4.78 is 2.40. The lowest BCUT2D eigenvalue weighted by molar-refractivity contribution is 0.312. The van der Waals surface area contributed by atoms with Crippen molar-refractivity contribution in [2.24, 2.45) is 5.41 Å². The summed E-state index contributed by atoms with van der Waals surface area (Å²) >= 11 is 6.34. The van der Waals surface area contributed by atoms with E-state index in [1.807, 2.05) is 18.5 Å². The first-order chi connectivity index (χ1) is 12.8. The van der Waals surface area contributed by atoms with E-state index in [1.165, 1.54) is 33.3 Å². The van der Waals surface area contributed by atoms with Crippen molar-refractivity contribution in [1.82, 2.24) is 14.5 Å². The normalized spacial score (nSPS) is 16.0. The first-order valence-electron chi connectivity index (χ1n) is 9.47. The molecule has 0 bridgehead atoms. The second kappa shape index (κ2) is 6.81. The zero-order chi connectivity index (χ0) is 19.2. The maximum Gasteiger partial charge on any atom is 0.0529 e. The Morgan fingerprint density at radius 2 is 1.89 bits per heavy atom. The monoisotopic (exact) mass is 379 g/mol. The molecule has 140 valence electrons. The number of benzene rings is 1. The number of hydrogen-bond donors (Lipinski definition) is 0. The topological polar surface area (TPSA) is 21.1 Å². The van der Waals surface area contributed by atoms with Gasteiger partial charge in [0, 0.05) is 54.2 Å². The molecule has 1 aliphatic heterocycles. The van der Waals surface area contributed by atoms with E-state index in [-0.39, 0.29) is 5.41 Å². The number of allylic oxidation sites excluding steroid dienone is 1. The van der Waals surface area contributed by atoms with E-state index in [1.54, 1.807) is 0 Å². The van der Waals surface area contributed by atoms with E-state index < -0.39 is 0 Å². The molecule has 0 aliphatic carbocycles. The number of likely N-dealkylation sites (N-methyl/N-ethyl adjacent to an activating group) is 1. The number of pyridine rings is 1. The molecule has 0 saturated carbocycles. The number of fused-ring (bicyclic) bond motifs is 3. The van der Waals surface area contributed by atoms with E-state index in [0.717, 1.165) is 24.5 Å². The predicted octanol–water partition coefficient (Wildman–Crippen LogP) is 5.72. The summed E-state index contributed by atoms with van der Waals surface area (Å²) in [6, 6.07) is 10.5. The zero-order valence-corrected chi connectivity index (χ0v) is 17.2. The van der Waals surface area contributed by atoms with Gasteiger partial charge in [0.15, 0.2) is 0 Å². The highest BCUT2D eigenvalue weighted by molar-refractivity contribution is 6.31. The van der Waals surface area contributed by atoms with Crippen LogP contribution in [0.15, 0.2) is 42.7 Å². The molecule has 0 spiro atoms. The van der Waals surface area contributed by atoms with Gasteiger partial charge in [-0.25, -0.2) is 0 Å². The maximum atomic E-state index is 6.34. The fourth-order valence-corrected chi connectivity index (χ4v) is 4.18. The van der Waals surface area contributed by atoms with Crippen LogP contribution in [0, 0.1) is 5.41 Å². The molecule has 4 heteroatoms. The molecular weight excluding hydrogens is 354 g/mol. The van der Waals surface area contributed by atoms with Gasteiger partial charge in [0.05, 0.1) is 5.52 Å². The molecule has 3 aromatic rings. The Morgan fingerprint density at radius 3 is 2.59 bits per heavy atom. The van der Waals surface area contributed by atoms with Crippen LogP contribution in [0.5, 0.6) is 0 Å². The van der Waals surface area contributed by atoms with Crippen LogP contribution in [-0.4, -0.2) is 28.0 Å². The molecule has 0 fully saturated rings. The highest BCUT2D eigenvalue weighted by Gasteiger charge is 2.24. The van der Waals surface area contributed by atoms with Crippen molar-refractivity contribution in [2.45, 2.75) is 33.7 Å². The number of halogens is 1. The molecule has 2 aromatic heterocycles. The summed E-state index contributed by atoms with van der Waals surface area (Å²) in [7, 11) is 2.18. The predicted molar refractivity (Wildman–Crippen MR) is 115 cm³/mol. The van der Waals surface area contributed by atoms with Crippen LogP contribution in [0.2, 0.25) is 5.02 Å². The lowest BCUT2D eigenvalue weighted by Gasteiger charge is -2.26. The average molecular weight is 380 g/mol. The van der Waals surface area contributed by atoms with E-state index in [4.69, 9.17) is 11.6 Å². The molecular formula is C23H26ClN3. The van der Waals surface area contributed by atoms with Crippen molar-refractivity contribution in [1.29, 1.82) is 0 Å². The van der Waals surface area contributed by atoms with Crippen molar-refractivity contribution in [2.75, 3.05) is 13.6 Å². The van der Waals surface area contributed by atoms with E-state index in [2.05, 4.69) is 72.7 Å². The summed E-state index contributed by atoms with van der Waals surface area (Å²) in [5.41, 5.74) is 6.58. The third-order valence-electron chi connectivity index (χ3n) is 5.40. The zero-order valence-electron chi connectivity index (χ0n) is 16.5. The van der Waals surface area contributed by atoms with Gasteiger partial charge < -0.3 is 9.47 Å². The van der Waals surface area contributed by atoms with Gasteiger partial charge >= 0.3 is 0 Å². The van der Waals surface area contributed by atoms with Gasteiger partial charge in [-0.1, -0.05) is 32.4 Å². The minimum Gasteiger partial charge on any atom is -0.320 e. The third-order valence-corrected chi connectivity index (χ3v) is 5.63. The van der Waals surface area contributed by atoms with Gasteiger partial charge in [0.25, 0.3) is 0 Å². The number of rotatable bonds is 2. The van der Waals surface area contributed by atoms with Crippen molar-refractivity contribution in [3.63, 3.8) is 0 Å². The fraction of sp³-hybridized carbons (Fsp3) is 0.348. The molecule has 4 rings (SSSR count). The smallest absolute Gasteiger partial charge is 0.0529 e. The van der Waals surface area contributed by atoms with Crippen LogP contribution in [-0.2, 0) is 13.0 Å². The lowest BCUT2D eigenvalue weighted by Crippen LogP contribution is -2.27. The molecule has 0 N–H and O–H groups in total. The fourth-order valence-electron chi connectivity index (χ4n) is 4.01. The quantitative estimate of drug-likeness (QED) is 0.567. The van der Waals surface area contributed by atoms with Gasteiger partial charge in [-0.3, -0.25) is 4.98 Å². The standard InChI is InChI=1S/C23H26ClN3/c1-23(2,3)20(16-7-10-25-11-8-16)15-27-21-6-5-17(24)13-18(21)19-14-26(4)12-9-22(19)27/h5-8,10-11,13,15H,9,12,14H2,1-4H3/b20-15-. The SMILES string of the molecule is CN1CCc2c(c3cc(Cl)ccc3n2/C=C(/c2ccncc2)C(C)(C)C)C1. The molecule has 1 aliphatic rings. The van der Waals surface area contributed by atoms with Crippen LogP contribution in [0.25, 0.3) is 22.7 Å². The van der Waals surface area contributed by atoms with Crippen LogP contribution in [0.4, 0.5) is 0 Å². The largest absolute Gasteiger partial charge is 0.320 e. The molecule has 27 heavy (non-hydrogen) atoms. The van der Waals surface area contributed by atoms with Crippen LogP contribution >= 0.6 is 11.6 Å². The summed E-state index contributed by atoms with van der Waals surface area (Å²) in [4.78, 5) is 6.57. The highest BCUT2D eigenvalue weighted by atomic mass is 35.5. The average Bonchev–Trinajstić information content (AvgIpc) is 2.91. The van der Waals surface area contributed by atoms with Gasteiger partial charge in [-0.05, 0) is 59.5 Å². The Labute approximate surface area is 166 Å². The van der Waals surface area contributed by atoms with Crippen LogP contribution < -0.4 is 0 Å². The van der Waals surface area contributed by atoms with Gasteiger partial charge in [-0.15, -0.1) is 0 Å². The molecule has 0 radical (unpaired) electrons. The van der Waals surface area contributed by atoms with E-state index in [0.29, 0.717) is 0 Å². The second-order valence-electron chi connectivity index (χ2n) is 8.47. The van der Waals surface area contributed by atoms with Crippen molar-refractivity contribution in [3.8, 4) is 0 Å². The number of hydrogen-bond acceptors (Lipinski definition) is 2. The molecule has 1 aromatic carbocycles. The molecule has 0 amide bonds. The van der Waals surface area contributed by atoms with Crippen LogP contribution in [0.1, 0.15) is 37.6 Å². The molecule has 0 atom stereocenters. The maximum absolute atomic E-state index is 6.34. The molecule has 0 unspecified atom stereocenters. The second-order valence-corrected chi connectivity index (χ2v) is 8.91. The Hall–Kier alpha value is -2.10. The first kappa shape index (κ1) is 18.3. The summed E-state index contributed by atoms with van der Waals surface area (Å²) in [5, 5.41) is 2.06. The summed E-state index contributed by atoms with van der Waals surface area (Å²) in [6.45, 7) is 8.84. The molecule has 0 saturated heterocycles. The Bertz CT molecular complexity index is 1010. The van der Waals surface area contributed by atoms with E-state index >= 15 is 0 Å². The third kappa shape index (κ3) is 3.42. The van der Waals surface area contributed by atoms with Crippen molar-refractivity contribution < 1.29 is 0 Å². The van der Waals surface area contributed by atoms with Crippen molar-refractivity contribution >= 4 is 34.3 Å². The van der Waals surface area contributed by atoms with E-state index in [9.17, 15) is 0 Å². The Morgan fingerprint density at radius 1 is 1.15 bits per heavy atom. The molecule has 3 nitrogen and oxygen atoms in total. The first-order valence-corrected chi connectivity index (χ1v) is 9.85. The van der Waals surface area contributed by atoms with Gasteiger partial charge in [0.1, 0.15) is 0 Å². The van der Waals surface area contributed by atoms with Crippen LogP contribution in [0.3, 0.4) is 0 Å². The number of aromatic nitrogens is 2. The van der Waals surface area contributed by atoms with Gasteiger partial charge in [0.2, 0.25) is 0 Å². The Kier molecular flexibility index (Phi) is 4.61. The summed E-state index contributed by atoms with van der Waals surface area (Å²) in [5.74, 6) is 0. The summed E-state index contributed by atoms with van der Waals surface area (Å²) in [6.07, 6.45) is 7.11. The van der Waals surface area contributed by atoms with Crippen molar-refractivity contribution in [3.05, 3.63) is 64.6 Å². The number of nitrogens with zero attached hydrogens (tertiary/aromatic N) is 3. The Balaban J connectivity index is 1.99. The highest BCUT2D eigenvalue weighted by Crippen LogP contribution is 2.38. The minimum absolute atomic E-state index is 0.0166. The van der Waals surface area contributed by atoms with Gasteiger partial charge in [-0.2, -0.15) is 0 Å². The lowest BCUT2D eigenvalue weighted by atomic mass is 9.83. The molecule has 3 heterocycles.